The lowest BCUT2D eigenvalue weighted by atomic mass is 10.0. The molecule has 0 aliphatic carbocycles. The minimum atomic E-state index is -1.66. The van der Waals surface area contributed by atoms with Gasteiger partial charge in [-0.05, 0) is 13.0 Å². The van der Waals surface area contributed by atoms with Crippen LogP contribution in [0.25, 0.3) is 0 Å². The first-order valence-corrected chi connectivity index (χ1v) is 9.45. The van der Waals surface area contributed by atoms with Crippen molar-refractivity contribution in [3.63, 3.8) is 0 Å². The lowest BCUT2D eigenvalue weighted by Gasteiger charge is -2.05. The van der Waals surface area contributed by atoms with Gasteiger partial charge in [0.25, 0.3) is 0 Å². The molecule has 0 spiro atoms. The highest BCUT2D eigenvalue weighted by atomic mass is 16.6. The number of rotatable bonds is 18. The van der Waals surface area contributed by atoms with Crippen molar-refractivity contribution in [2.45, 2.75) is 96.8 Å². The average Bonchev–Trinajstić information content (AvgIpc) is 2.50. The Morgan fingerprint density at radius 3 is 1.50 bits per heavy atom. The molecule has 0 atom stereocenters. The van der Waals surface area contributed by atoms with Gasteiger partial charge in [-0.25, -0.2) is 0 Å². The second-order valence-corrected chi connectivity index (χ2v) is 6.23. The van der Waals surface area contributed by atoms with Gasteiger partial charge in [0.05, 0.1) is 6.73 Å². The van der Waals surface area contributed by atoms with Crippen LogP contribution in [-0.2, 0) is 4.65 Å². The van der Waals surface area contributed by atoms with E-state index < -0.39 is 7.32 Å². The molecule has 0 saturated carbocycles. The van der Waals surface area contributed by atoms with Gasteiger partial charge in [-0.1, -0.05) is 90.4 Å². The van der Waals surface area contributed by atoms with Crippen LogP contribution in [0.2, 0.25) is 0 Å². The lowest BCUT2D eigenvalue weighted by Crippen LogP contribution is -2.26. The van der Waals surface area contributed by atoms with Crippen molar-refractivity contribution >= 4 is 7.32 Å². The standard InChI is InChI=1S/C17H38BNO3/c1-2-3-4-5-6-7-8-9-10-11-12-13-14-15-16-19-17-22-18(20)21/h19-21H,2-17H2,1H3. The van der Waals surface area contributed by atoms with Gasteiger partial charge in [-0.2, -0.15) is 0 Å². The van der Waals surface area contributed by atoms with Gasteiger partial charge in [0.2, 0.25) is 0 Å². The lowest BCUT2D eigenvalue weighted by molar-refractivity contribution is 0.171. The minimum Gasteiger partial charge on any atom is -0.402 e. The Labute approximate surface area is 138 Å². The van der Waals surface area contributed by atoms with Gasteiger partial charge in [0.15, 0.2) is 0 Å². The third-order valence-corrected chi connectivity index (χ3v) is 4.04. The summed E-state index contributed by atoms with van der Waals surface area (Å²) in [4.78, 5) is 0. The average molecular weight is 315 g/mol. The monoisotopic (exact) mass is 315 g/mol. The van der Waals surface area contributed by atoms with E-state index in [4.69, 9.17) is 10.0 Å². The summed E-state index contributed by atoms with van der Waals surface area (Å²) in [7, 11) is -1.66. The zero-order valence-electron chi connectivity index (χ0n) is 14.7. The van der Waals surface area contributed by atoms with Crippen LogP contribution >= 0.6 is 0 Å². The van der Waals surface area contributed by atoms with Crippen LogP contribution < -0.4 is 5.32 Å². The van der Waals surface area contributed by atoms with Crippen molar-refractivity contribution in [1.29, 1.82) is 0 Å². The van der Waals surface area contributed by atoms with Gasteiger partial charge in [0.1, 0.15) is 0 Å². The summed E-state index contributed by atoms with van der Waals surface area (Å²) in [5, 5.41) is 20.0. The third-order valence-electron chi connectivity index (χ3n) is 4.04. The molecule has 0 aliphatic heterocycles. The number of nitrogens with one attached hydrogen (secondary N) is 1. The fourth-order valence-electron chi connectivity index (χ4n) is 2.65. The van der Waals surface area contributed by atoms with E-state index in [-0.39, 0.29) is 6.73 Å². The smallest absolute Gasteiger partial charge is 0.402 e. The van der Waals surface area contributed by atoms with Crippen LogP contribution in [0.1, 0.15) is 96.8 Å². The Morgan fingerprint density at radius 2 is 1.09 bits per heavy atom. The molecule has 0 saturated heterocycles. The first-order chi connectivity index (χ1) is 10.8. The van der Waals surface area contributed by atoms with Crippen molar-refractivity contribution in [1.82, 2.24) is 5.32 Å². The van der Waals surface area contributed by atoms with Crippen molar-refractivity contribution in [3.05, 3.63) is 0 Å². The maximum atomic E-state index is 8.47. The third kappa shape index (κ3) is 19.9. The molecule has 0 aromatic carbocycles. The molecule has 0 bridgehead atoms. The Hall–Kier alpha value is -0.0951. The highest BCUT2D eigenvalue weighted by Crippen LogP contribution is 2.12. The van der Waals surface area contributed by atoms with Gasteiger partial charge in [-0.3, -0.25) is 5.32 Å². The minimum absolute atomic E-state index is 0.204. The Morgan fingerprint density at radius 1 is 0.682 bits per heavy atom. The first kappa shape index (κ1) is 21.9. The van der Waals surface area contributed by atoms with E-state index in [2.05, 4.69) is 16.9 Å². The van der Waals surface area contributed by atoms with Crippen LogP contribution in [0.15, 0.2) is 0 Å². The van der Waals surface area contributed by atoms with Gasteiger partial charge < -0.3 is 14.7 Å². The van der Waals surface area contributed by atoms with E-state index in [0.717, 1.165) is 13.0 Å². The van der Waals surface area contributed by atoms with Crippen molar-refractivity contribution in [3.8, 4) is 0 Å². The Bertz CT molecular complexity index is 206. The molecule has 22 heavy (non-hydrogen) atoms. The van der Waals surface area contributed by atoms with E-state index in [1.807, 2.05) is 0 Å². The van der Waals surface area contributed by atoms with Gasteiger partial charge in [0, 0.05) is 0 Å². The molecule has 0 heterocycles. The molecule has 4 nitrogen and oxygen atoms in total. The number of hydrogen-bond donors (Lipinski definition) is 3. The normalized spacial score (nSPS) is 11.0. The Kier molecular flexibility index (Phi) is 18.9. The summed E-state index contributed by atoms with van der Waals surface area (Å²) < 4.78 is 4.56. The van der Waals surface area contributed by atoms with E-state index in [0.29, 0.717) is 0 Å². The molecule has 0 aliphatic rings. The van der Waals surface area contributed by atoms with Crippen LogP contribution in [0.3, 0.4) is 0 Å². The van der Waals surface area contributed by atoms with E-state index >= 15 is 0 Å². The molecule has 0 unspecified atom stereocenters. The fourth-order valence-corrected chi connectivity index (χ4v) is 2.65. The van der Waals surface area contributed by atoms with Crippen LogP contribution in [0.5, 0.6) is 0 Å². The summed E-state index contributed by atoms with van der Waals surface area (Å²) in [6, 6.07) is 0. The van der Waals surface area contributed by atoms with Crippen LogP contribution in [0, 0.1) is 0 Å². The maximum Gasteiger partial charge on any atom is 0.634 e. The zero-order chi connectivity index (χ0) is 16.3. The molecule has 0 radical (unpaired) electrons. The predicted molar refractivity (Wildman–Crippen MR) is 94.5 cm³/mol. The highest BCUT2D eigenvalue weighted by Gasteiger charge is 2.05. The second kappa shape index (κ2) is 19.0. The number of hydrogen-bond acceptors (Lipinski definition) is 4. The number of unbranched alkanes of at least 4 members (excludes halogenated alkanes) is 13. The highest BCUT2D eigenvalue weighted by molar-refractivity contribution is 6.32. The molecule has 5 heteroatoms. The van der Waals surface area contributed by atoms with Crippen molar-refractivity contribution < 1.29 is 14.7 Å². The molecule has 0 fully saturated rings. The predicted octanol–water partition coefficient (Wildman–Crippen LogP) is 4.00. The summed E-state index contributed by atoms with van der Waals surface area (Å²) in [5.74, 6) is 0. The molecular weight excluding hydrogens is 277 g/mol. The van der Waals surface area contributed by atoms with Gasteiger partial charge >= 0.3 is 7.32 Å². The summed E-state index contributed by atoms with van der Waals surface area (Å²) >= 11 is 0. The van der Waals surface area contributed by atoms with Crippen molar-refractivity contribution in [2.75, 3.05) is 13.3 Å². The summed E-state index contributed by atoms with van der Waals surface area (Å²) in [5.41, 5.74) is 0. The molecule has 3 N–H and O–H groups in total. The molecule has 132 valence electrons. The van der Waals surface area contributed by atoms with Crippen molar-refractivity contribution in [2.24, 2.45) is 0 Å². The molecular formula is C17H38BNO3. The van der Waals surface area contributed by atoms with Gasteiger partial charge in [-0.15, -0.1) is 0 Å². The van der Waals surface area contributed by atoms with E-state index in [1.165, 1.54) is 83.5 Å². The largest absolute Gasteiger partial charge is 0.634 e. The van der Waals surface area contributed by atoms with Crippen LogP contribution in [-0.4, -0.2) is 30.6 Å². The SMILES string of the molecule is CCCCCCCCCCCCCCCCNCOB(O)O. The van der Waals surface area contributed by atoms with E-state index in [9.17, 15) is 0 Å². The molecule has 0 amide bonds. The van der Waals surface area contributed by atoms with E-state index in [1.54, 1.807) is 0 Å². The molecule has 0 aromatic rings. The Balaban J connectivity index is 2.94. The zero-order valence-corrected chi connectivity index (χ0v) is 14.7. The maximum absolute atomic E-state index is 8.47. The second-order valence-electron chi connectivity index (χ2n) is 6.23. The summed E-state index contributed by atoms with van der Waals surface area (Å²) in [6.07, 6.45) is 19.1. The quantitative estimate of drug-likeness (QED) is 0.203. The summed E-state index contributed by atoms with van der Waals surface area (Å²) in [6.45, 7) is 3.36. The topological polar surface area (TPSA) is 61.7 Å². The fraction of sp³-hybridized carbons (Fsp3) is 1.00. The van der Waals surface area contributed by atoms with Crippen LogP contribution in [0.4, 0.5) is 0 Å². The molecule has 0 aromatic heterocycles. The first-order valence-electron chi connectivity index (χ1n) is 9.45. The molecule has 0 rings (SSSR count).